The summed E-state index contributed by atoms with van der Waals surface area (Å²) >= 11 is 0. The Morgan fingerprint density at radius 2 is 2.31 bits per heavy atom. The normalized spacial score (nSPS) is 18.9. The molecule has 0 radical (unpaired) electrons. The van der Waals surface area contributed by atoms with Gasteiger partial charge in [0.1, 0.15) is 5.75 Å². The zero-order valence-corrected chi connectivity index (χ0v) is 9.75. The van der Waals surface area contributed by atoms with Crippen LogP contribution in [0.25, 0.3) is 0 Å². The first-order valence-electron chi connectivity index (χ1n) is 5.73. The molecule has 1 aromatic rings. The number of nitrogens with one attached hydrogen (secondary N) is 1. The van der Waals surface area contributed by atoms with Crippen molar-refractivity contribution in [3.63, 3.8) is 0 Å². The smallest absolute Gasteiger partial charge is 0.225 e. The first kappa shape index (κ1) is 11.0. The van der Waals surface area contributed by atoms with Gasteiger partial charge in [0, 0.05) is 6.42 Å². The second-order valence-electron chi connectivity index (χ2n) is 4.16. The third-order valence-corrected chi connectivity index (χ3v) is 3.05. The molecule has 0 aromatic heterocycles. The molecule has 16 heavy (non-hydrogen) atoms. The number of fused-ring (bicyclic) bond motifs is 1. The summed E-state index contributed by atoms with van der Waals surface area (Å²) in [5.41, 5.74) is 2.07. The predicted octanol–water partition coefficient (Wildman–Crippen LogP) is 2.92. The Morgan fingerprint density at radius 1 is 1.50 bits per heavy atom. The highest BCUT2D eigenvalue weighted by molar-refractivity contribution is 5.96. The van der Waals surface area contributed by atoms with Gasteiger partial charge < -0.3 is 10.1 Å². The number of carbonyl (C=O) groups is 1. The van der Waals surface area contributed by atoms with Crippen molar-refractivity contribution in [3.8, 4) is 5.75 Å². The molecule has 0 spiro atoms. The number of methoxy groups -OCH3 is 1. The van der Waals surface area contributed by atoms with E-state index in [2.05, 4.69) is 18.3 Å². The second-order valence-corrected chi connectivity index (χ2v) is 4.16. The summed E-state index contributed by atoms with van der Waals surface area (Å²) in [6.45, 7) is 2.15. The van der Waals surface area contributed by atoms with Crippen molar-refractivity contribution in [3.05, 3.63) is 23.8 Å². The lowest BCUT2D eigenvalue weighted by atomic mass is 9.87. The fourth-order valence-corrected chi connectivity index (χ4v) is 2.32. The monoisotopic (exact) mass is 219 g/mol. The highest BCUT2D eigenvalue weighted by Gasteiger charge is 2.26. The van der Waals surface area contributed by atoms with Crippen LogP contribution in [-0.2, 0) is 4.79 Å². The Morgan fingerprint density at radius 3 is 3.00 bits per heavy atom. The summed E-state index contributed by atoms with van der Waals surface area (Å²) in [5.74, 6) is 1.19. The molecule has 3 nitrogen and oxygen atoms in total. The van der Waals surface area contributed by atoms with Crippen LogP contribution in [-0.4, -0.2) is 13.0 Å². The van der Waals surface area contributed by atoms with Crippen LogP contribution in [0.3, 0.4) is 0 Å². The van der Waals surface area contributed by atoms with Crippen LogP contribution in [0.15, 0.2) is 18.2 Å². The molecule has 0 aliphatic carbocycles. The average molecular weight is 219 g/mol. The number of amides is 1. The lowest BCUT2D eigenvalue weighted by molar-refractivity contribution is -0.116. The summed E-state index contributed by atoms with van der Waals surface area (Å²) in [6, 6.07) is 5.95. The van der Waals surface area contributed by atoms with E-state index < -0.39 is 0 Å². The van der Waals surface area contributed by atoms with Crippen LogP contribution in [0.1, 0.15) is 37.7 Å². The molecule has 1 heterocycles. The largest absolute Gasteiger partial charge is 0.495 e. The maximum Gasteiger partial charge on any atom is 0.225 e. The molecule has 86 valence electrons. The number of rotatable bonds is 3. The standard InChI is InChI=1S/C13H17NO2/c1-3-5-9-8-12(15)14-13-10(9)6-4-7-11(13)16-2/h4,6-7,9H,3,5,8H2,1-2H3,(H,14,15). The zero-order valence-electron chi connectivity index (χ0n) is 9.75. The van der Waals surface area contributed by atoms with Crippen molar-refractivity contribution >= 4 is 11.6 Å². The van der Waals surface area contributed by atoms with Crippen molar-refractivity contribution in [2.75, 3.05) is 12.4 Å². The Kier molecular flexibility index (Phi) is 3.13. The number of para-hydroxylation sites is 1. The third kappa shape index (κ3) is 1.90. The molecule has 1 amide bonds. The molecule has 1 N–H and O–H groups in total. The molecular weight excluding hydrogens is 202 g/mol. The summed E-state index contributed by atoms with van der Waals surface area (Å²) in [7, 11) is 1.63. The molecule has 1 atom stereocenters. The summed E-state index contributed by atoms with van der Waals surface area (Å²) in [4.78, 5) is 11.6. The van der Waals surface area contributed by atoms with E-state index in [0.29, 0.717) is 12.3 Å². The Balaban J connectivity index is 2.42. The van der Waals surface area contributed by atoms with Gasteiger partial charge in [0.2, 0.25) is 5.91 Å². The number of hydrogen-bond donors (Lipinski definition) is 1. The highest BCUT2D eigenvalue weighted by atomic mass is 16.5. The van der Waals surface area contributed by atoms with Crippen LogP contribution >= 0.6 is 0 Å². The predicted molar refractivity (Wildman–Crippen MR) is 63.9 cm³/mol. The Hall–Kier alpha value is -1.51. The van der Waals surface area contributed by atoms with Gasteiger partial charge in [-0.25, -0.2) is 0 Å². The minimum Gasteiger partial charge on any atom is -0.495 e. The first-order chi connectivity index (χ1) is 7.76. The van der Waals surface area contributed by atoms with Crippen LogP contribution in [0.4, 0.5) is 5.69 Å². The van der Waals surface area contributed by atoms with Crippen LogP contribution in [0, 0.1) is 0 Å². The Bertz CT molecular complexity index is 401. The topological polar surface area (TPSA) is 38.3 Å². The maximum atomic E-state index is 11.6. The van der Waals surface area contributed by atoms with Crippen LogP contribution in [0.2, 0.25) is 0 Å². The second kappa shape index (κ2) is 4.56. The van der Waals surface area contributed by atoms with Gasteiger partial charge in [0.25, 0.3) is 0 Å². The molecule has 1 aromatic carbocycles. The number of ether oxygens (including phenoxy) is 1. The summed E-state index contributed by atoms with van der Waals surface area (Å²) < 4.78 is 5.27. The van der Waals surface area contributed by atoms with E-state index >= 15 is 0 Å². The number of anilines is 1. The molecular formula is C13H17NO2. The fraction of sp³-hybridized carbons (Fsp3) is 0.462. The van der Waals surface area contributed by atoms with Gasteiger partial charge in [-0.05, 0) is 24.0 Å². The van der Waals surface area contributed by atoms with Crippen molar-refractivity contribution < 1.29 is 9.53 Å². The third-order valence-electron chi connectivity index (χ3n) is 3.05. The minimum atomic E-state index is 0.0930. The van der Waals surface area contributed by atoms with Crippen molar-refractivity contribution in [1.82, 2.24) is 0 Å². The van der Waals surface area contributed by atoms with E-state index in [9.17, 15) is 4.79 Å². The van der Waals surface area contributed by atoms with Gasteiger partial charge in [0.05, 0.1) is 12.8 Å². The molecule has 2 rings (SSSR count). The van der Waals surface area contributed by atoms with E-state index in [0.717, 1.165) is 24.3 Å². The Labute approximate surface area is 95.8 Å². The zero-order chi connectivity index (χ0) is 11.5. The van der Waals surface area contributed by atoms with Crippen molar-refractivity contribution in [1.29, 1.82) is 0 Å². The molecule has 0 saturated carbocycles. The molecule has 3 heteroatoms. The van der Waals surface area contributed by atoms with E-state index in [1.165, 1.54) is 5.56 Å². The maximum absolute atomic E-state index is 11.6. The van der Waals surface area contributed by atoms with Gasteiger partial charge in [-0.15, -0.1) is 0 Å². The lowest BCUT2D eigenvalue weighted by Crippen LogP contribution is -2.23. The van der Waals surface area contributed by atoms with Gasteiger partial charge in [0.15, 0.2) is 0 Å². The molecule has 0 saturated heterocycles. The number of benzene rings is 1. The number of carbonyl (C=O) groups excluding carboxylic acids is 1. The fourth-order valence-electron chi connectivity index (χ4n) is 2.32. The van der Waals surface area contributed by atoms with Gasteiger partial charge >= 0.3 is 0 Å². The van der Waals surface area contributed by atoms with E-state index in [-0.39, 0.29) is 5.91 Å². The SMILES string of the molecule is CCCC1CC(=O)Nc2c(OC)cccc21. The van der Waals surface area contributed by atoms with E-state index in [4.69, 9.17) is 4.74 Å². The van der Waals surface area contributed by atoms with Crippen molar-refractivity contribution in [2.45, 2.75) is 32.1 Å². The number of hydrogen-bond acceptors (Lipinski definition) is 2. The molecule has 1 unspecified atom stereocenters. The van der Waals surface area contributed by atoms with Gasteiger partial charge in [-0.3, -0.25) is 4.79 Å². The molecule has 1 aliphatic heterocycles. The molecule has 0 bridgehead atoms. The van der Waals surface area contributed by atoms with E-state index in [1.54, 1.807) is 7.11 Å². The lowest BCUT2D eigenvalue weighted by Gasteiger charge is -2.26. The van der Waals surface area contributed by atoms with Crippen molar-refractivity contribution in [2.24, 2.45) is 0 Å². The van der Waals surface area contributed by atoms with Gasteiger partial charge in [-0.2, -0.15) is 0 Å². The van der Waals surface area contributed by atoms with E-state index in [1.807, 2.05) is 12.1 Å². The molecule has 0 fully saturated rings. The molecule has 1 aliphatic rings. The van der Waals surface area contributed by atoms with Crippen LogP contribution < -0.4 is 10.1 Å². The quantitative estimate of drug-likeness (QED) is 0.848. The van der Waals surface area contributed by atoms with Gasteiger partial charge in [-0.1, -0.05) is 25.5 Å². The summed E-state index contributed by atoms with van der Waals surface area (Å²) in [5, 5.41) is 2.90. The average Bonchev–Trinajstić information content (AvgIpc) is 2.28. The summed E-state index contributed by atoms with van der Waals surface area (Å²) in [6.07, 6.45) is 2.73. The highest BCUT2D eigenvalue weighted by Crippen LogP contribution is 2.40. The minimum absolute atomic E-state index is 0.0930. The van der Waals surface area contributed by atoms with Crippen LogP contribution in [0.5, 0.6) is 5.75 Å². The first-order valence-corrected chi connectivity index (χ1v) is 5.73.